The molecule has 0 radical (unpaired) electrons. The number of furan rings is 2. The summed E-state index contributed by atoms with van der Waals surface area (Å²) in [5.74, 6) is 1.79. The smallest absolute Gasteiger partial charge is 0.167 e. The van der Waals surface area contributed by atoms with Gasteiger partial charge in [0.05, 0.1) is 5.56 Å². The van der Waals surface area contributed by atoms with Gasteiger partial charge in [0, 0.05) is 52.8 Å². The third-order valence-electron chi connectivity index (χ3n) is 9.75. The Balaban J connectivity index is 1.12. The van der Waals surface area contributed by atoms with Crippen molar-refractivity contribution in [3.05, 3.63) is 152 Å². The Hall–Kier alpha value is -6.63. The van der Waals surface area contributed by atoms with Crippen LogP contribution in [0.2, 0.25) is 0 Å². The molecule has 51 heavy (non-hydrogen) atoms. The molecule has 4 heterocycles. The molecule has 0 saturated heterocycles. The lowest BCUT2D eigenvalue weighted by Crippen LogP contribution is -2.00. The second-order valence-electron chi connectivity index (χ2n) is 12.8. The van der Waals surface area contributed by atoms with Gasteiger partial charge in [-0.05, 0) is 65.7 Å². The van der Waals surface area contributed by atoms with Gasteiger partial charge >= 0.3 is 0 Å². The molecule has 4 aromatic heterocycles. The molecule has 0 N–H and O–H groups in total. The Morgan fingerprint density at radius 3 is 1.94 bits per heavy atom. The molecular weight excluding hydrogens is 647 g/mol. The van der Waals surface area contributed by atoms with Gasteiger partial charge in [-0.1, -0.05) is 97.1 Å². The molecule has 5 nitrogen and oxygen atoms in total. The van der Waals surface area contributed by atoms with E-state index in [4.69, 9.17) is 23.8 Å². The van der Waals surface area contributed by atoms with Crippen LogP contribution in [0.5, 0.6) is 0 Å². The number of aromatic nitrogens is 3. The van der Waals surface area contributed by atoms with Crippen LogP contribution in [0.3, 0.4) is 0 Å². The van der Waals surface area contributed by atoms with Crippen molar-refractivity contribution in [2.45, 2.75) is 0 Å². The summed E-state index contributed by atoms with van der Waals surface area (Å²) in [6, 6.07) is 52.1. The minimum absolute atomic E-state index is 0.562. The Morgan fingerprint density at radius 1 is 0.373 bits per heavy atom. The first-order valence-corrected chi connectivity index (χ1v) is 17.7. The molecular formula is C45H25N3O2S. The van der Waals surface area contributed by atoms with Gasteiger partial charge in [0.25, 0.3) is 0 Å². The van der Waals surface area contributed by atoms with Gasteiger partial charge in [0.1, 0.15) is 22.3 Å². The normalized spacial score (nSPS) is 11.9. The molecule has 11 rings (SSSR count). The monoisotopic (exact) mass is 671 g/mol. The van der Waals surface area contributed by atoms with Gasteiger partial charge in [0.2, 0.25) is 0 Å². The van der Waals surface area contributed by atoms with Crippen molar-refractivity contribution in [3.63, 3.8) is 0 Å². The molecule has 0 fully saturated rings. The first kappa shape index (κ1) is 28.2. The highest BCUT2D eigenvalue weighted by Crippen LogP contribution is 2.42. The minimum Gasteiger partial charge on any atom is -0.456 e. The van der Waals surface area contributed by atoms with Crippen molar-refractivity contribution >= 4 is 75.4 Å². The third-order valence-corrected chi connectivity index (χ3v) is 10.9. The van der Waals surface area contributed by atoms with Crippen LogP contribution >= 0.6 is 11.3 Å². The van der Waals surface area contributed by atoms with E-state index in [0.717, 1.165) is 71.7 Å². The van der Waals surface area contributed by atoms with Crippen LogP contribution in [0.25, 0.3) is 109 Å². The van der Waals surface area contributed by atoms with Crippen LogP contribution in [0.1, 0.15) is 0 Å². The molecule has 0 aliphatic rings. The first-order valence-electron chi connectivity index (χ1n) is 16.8. The fourth-order valence-corrected chi connectivity index (χ4v) is 8.45. The number of thiophene rings is 1. The molecule has 0 unspecified atom stereocenters. The summed E-state index contributed by atoms with van der Waals surface area (Å²) in [5, 5.41) is 6.68. The molecule has 11 aromatic rings. The summed E-state index contributed by atoms with van der Waals surface area (Å²) in [6.07, 6.45) is 0. The van der Waals surface area contributed by atoms with Crippen molar-refractivity contribution in [1.29, 1.82) is 0 Å². The first-order chi connectivity index (χ1) is 25.2. The van der Waals surface area contributed by atoms with E-state index in [-0.39, 0.29) is 0 Å². The van der Waals surface area contributed by atoms with Gasteiger partial charge in [0.15, 0.2) is 17.5 Å². The van der Waals surface area contributed by atoms with Crippen LogP contribution in [0, 0.1) is 0 Å². The van der Waals surface area contributed by atoms with E-state index < -0.39 is 0 Å². The summed E-state index contributed by atoms with van der Waals surface area (Å²) >= 11 is 1.80. The average molecular weight is 672 g/mol. The molecule has 6 heteroatoms. The highest BCUT2D eigenvalue weighted by atomic mass is 32.1. The molecule has 0 atom stereocenters. The van der Waals surface area contributed by atoms with Crippen molar-refractivity contribution in [3.8, 4) is 45.3 Å². The van der Waals surface area contributed by atoms with Crippen molar-refractivity contribution < 1.29 is 8.83 Å². The maximum absolute atomic E-state index is 6.71. The summed E-state index contributed by atoms with van der Waals surface area (Å²) in [6.45, 7) is 0. The van der Waals surface area contributed by atoms with Crippen LogP contribution in [-0.4, -0.2) is 15.0 Å². The van der Waals surface area contributed by atoms with Crippen LogP contribution < -0.4 is 0 Å². The molecule has 0 amide bonds. The van der Waals surface area contributed by atoms with Crippen molar-refractivity contribution in [2.75, 3.05) is 0 Å². The fourth-order valence-electron chi connectivity index (χ4n) is 7.37. The number of hydrogen-bond donors (Lipinski definition) is 0. The van der Waals surface area contributed by atoms with Gasteiger partial charge in [-0.15, -0.1) is 11.3 Å². The molecule has 0 aliphatic heterocycles. The zero-order valence-corrected chi connectivity index (χ0v) is 27.8. The lowest BCUT2D eigenvalue weighted by Gasteiger charge is -2.09. The SMILES string of the molecule is c1ccc(-c2nc(-c3ccc4sc5ccccc5c4c3)nc(-c3cccc4c3oc3cccc(-c5ccc6oc7ccccc7c6c5)c34)n2)cc1. The third kappa shape index (κ3) is 4.43. The Kier molecular flexibility index (Phi) is 6.05. The number of para-hydroxylation sites is 2. The van der Waals surface area contributed by atoms with Gasteiger partial charge in [-0.3, -0.25) is 0 Å². The number of hydrogen-bond acceptors (Lipinski definition) is 6. The van der Waals surface area contributed by atoms with Crippen LogP contribution in [-0.2, 0) is 0 Å². The Bertz CT molecular complexity index is 3160. The van der Waals surface area contributed by atoms with E-state index in [2.05, 4.69) is 91.0 Å². The predicted octanol–water partition coefficient (Wildman–Crippen LogP) is 12.7. The topological polar surface area (TPSA) is 65.0 Å². The van der Waals surface area contributed by atoms with E-state index >= 15 is 0 Å². The Labute approximate surface area is 295 Å². The maximum atomic E-state index is 6.71. The standard InChI is InChI=1S/C45H25N3O2S/c1-2-10-26(11-3-1)43-46-44(28-21-23-40-35(25-28)31-13-5-7-19-39(31)51-40)48-45(47-43)33-16-8-15-32-41-29(14-9-18-38(41)50-42(32)33)27-20-22-37-34(24-27)30-12-4-6-17-36(30)49-37/h1-25H. The summed E-state index contributed by atoms with van der Waals surface area (Å²) in [5.41, 5.74) is 8.16. The van der Waals surface area contributed by atoms with E-state index in [1.54, 1.807) is 11.3 Å². The van der Waals surface area contributed by atoms with E-state index in [0.29, 0.717) is 17.5 Å². The predicted molar refractivity (Wildman–Crippen MR) is 209 cm³/mol. The van der Waals surface area contributed by atoms with E-state index in [9.17, 15) is 0 Å². The highest BCUT2D eigenvalue weighted by Gasteiger charge is 2.20. The molecule has 0 saturated carbocycles. The zero-order chi connectivity index (χ0) is 33.5. The molecule has 0 spiro atoms. The second-order valence-corrected chi connectivity index (χ2v) is 13.8. The highest BCUT2D eigenvalue weighted by molar-refractivity contribution is 7.25. The largest absolute Gasteiger partial charge is 0.456 e. The zero-order valence-electron chi connectivity index (χ0n) is 27.0. The minimum atomic E-state index is 0.562. The number of benzene rings is 7. The summed E-state index contributed by atoms with van der Waals surface area (Å²) < 4.78 is 15.3. The van der Waals surface area contributed by atoms with Crippen LogP contribution in [0.4, 0.5) is 0 Å². The quantitative estimate of drug-likeness (QED) is 0.186. The fraction of sp³-hybridized carbons (Fsp3) is 0. The molecule has 0 bridgehead atoms. The van der Waals surface area contributed by atoms with Crippen molar-refractivity contribution in [1.82, 2.24) is 15.0 Å². The Morgan fingerprint density at radius 2 is 1.02 bits per heavy atom. The van der Waals surface area contributed by atoms with E-state index in [1.807, 2.05) is 60.7 Å². The van der Waals surface area contributed by atoms with Gasteiger partial charge < -0.3 is 8.83 Å². The summed E-state index contributed by atoms with van der Waals surface area (Å²) in [7, 11) is 0. The van der Waals surface area contributed by atoms with Crippen molar-refractivity contribution in [2.24, 2.45) is 0 Å². The summed E-state index contributed by atoms with van der Waals surface area (Å²) in [4.78, 5) is 15.2. The van der Waals surface area contributed by atoms with Gasteiger partial charge in [-0.2, -0.15) is 0 Å². The van der Waals surface area contributed by atoms with Gasteiger partial charge in [-0.25, -0.2) is 15.0 Å². The number of fused-ring (bicyclic) bond motifs is 9. The molecule has 238 valence electrons. The van der Waals surface area contributed by atoms with Crippen LogP contribution in [0.15, 0.2) is 160 Å². The second kappa shape index (κ2) is 10.9. The average Bonchev–Trinajstić information content (AvgIpc) is 3.88. The molecule has 7 aromatic carbocycles. The number of nitrogens with zero attached hydrogens (tertiary/aromatic N) is 3. The maximum Gasteiger partial charge on any atom is 0.167 e. The lowest BCUT2D eigenvalue weighted by atomic mass is 9.97. The lowest BCUT2D eigenvalue weighted by molar-refractivity contribution is 0.669. The number of rotatable bonds is 4. The van der Waals surface area contributed by atoms with E-state index in [1.165, 1.54) is 20.2 Å². The molecule has 0 aliphatic carbocycles.